The second-order valence-electron chi connectivity index (χ2n) is 2.49. The van der Waals surface area contributed by atoms with Crippen molar-refractivity contribution >= 4 is 33.8 Å². The van der Waals surface area contributed by atoms with Gasteiger partial charge in [0.2, 0.25) is 5.25 Å². The zero-order valence-electron chi connectivity index (χ0n) is 13.7. The SMILES string of the molecule is CCSC(C(=O)O)C(C(=O)O)S(=O)(=O)O.[H-].[H-].[H-].[Na+].[Na+].[Na+]. The third-order valence-corrected chi connectivity index (χ3v) is 3.88. The molecule has 0 radical (unpaired) electrons. The first-order chi connectivity index (χ1) is 6.71. The van der Waals surface area contributed by atoms with Crippen molar-refractivity contribution in [2.75, 3.05) is 5.75 Å². The van der Waals surface area contributed by atoms with E-state index >= 15 is 0 Å². The van der Waals surface area contributed by atoms with E-state index in [-0.39, 0.29) is 98.7 Å². The normalized spacial score (nSPS) is 13.0. The molecule has 0 aliphatic carbocycles. The van der Waals surface area contributed by atoms with E-state index in [0.717, 1.165) is 0 Å². The molecule has 3 N–H and O–H groups in total. The van der Waals surface area contributed by atoms with Gasteiger partial charge in [-0.25, -0.2) is 0 Å². The van der Waals surface area contributed by atoms with Gasteiger partial charge in [0.05, 0.1) is 0 Å². The average Bonchev–Trinajstić information content (AvgIpc) is 1.99. The van der Waals surface area contributed by atoms with Crippen LogP contribution < -0.4 is 88.7 Å². The Kier molecular flexibility index (Phi) is 20.3. The maximum absolute atomic E-state index is 10.7. The summed E-state index contributed by atoms with van der Waals surface area (Å²) in [6.07, 6.45) is 0. The van der Waals surface area contributed by atoms with Crippen LogP contribution in [0.3, 0.4) is 0 Å². The molecule has 0 fully saturated rings. The summed E-state index contributed by atoms with van der Waals surface area (Å²) in [5.74, 6) is -3.26. The maximum Gasteiger partial charge on any atom is 1.00 e. The molecule has 0 heterocycles. The maximum atomic E-state index is 10.7. The Morgan fingerprint density at radius 1 is 1.17 bits per heavy atom. The topological polar surface area (TPSA) is 129 Å². The van der Waals surface area contributed by atoms with Gasteiger partial charge in [0.1, 0.15) is 5.25 Å². The van der Waals surface area contributed by atoms with Crippen molar-refractivity contribution in [1.29, 1.82) is 0 Å². The first kappa shape index (κ1) is 28.4. The summed E-state index contributed by atoms with van der Waals surface area (Å²) < 4.78 is 30.0. The molecule has 0 saturated heterocycles. The molecule has 2 unspecified atom stereocenters. The second kappa shape index (κ2) is 12.9. The Morgan fingerprint density at radius 2 is 1.56 bits per heavy atom. The standard InChI is InChI=1S/C6H10O7S2.3Na.3H/c1-2-14-3(5(7)8)4(6(9)10)15(11,12)13;;;;;;/h3-4H,2H2,1H3,(H,7,8)(H,9,10)(H,11,12,13);;;;;;/q;3*+1;3*-1. The first-order valence-corrected chi connectivity index (χ1v) is 6.30. The zero-order chi connectivity index (χ0) is 12.2. The fourth-order valence-corrected chi connectivity index (χ4v) is 3.01. The summed E-state index contributed by atoms with van der Waals surface area (Å²) in [5.41, 5.74) is 0. The third-order valence-electron chi connectivity index (χ3n) is 1.43. The number of thioether (sulfide) groups is 1. The molecular formula is C6H13Na3O7S2. The Morgan fingerprint density at radius 3 is 1.72 bits per heavy atom. The van der Waals surface area contributed by atoms with Gasteiger partial charge in [-0.2, -0.15) is 8.42 Å². The second-order valence-corrected chi connectivity index (χ2v) is 5.44. The number of carbonyl (C=O) groups is 2. The molecule has 0 aliphatic heterocycles. The van der Waals surface area contributed by atoms with Gasteiger partial charge in [-0.3, -0.25) is 14.1 Å². The van der Waals surface area contributed by atoms with E-state index in [4.69, 9.17) is 14.8 Å². The van der Waals surface area contributed by atoms with Crippen LogP contribution >= 0.6 is 11.8 Å². The minimum Gasteiger partial charge on any atom is -1.00 e. The summed E-state index contributed by atoms with van der Waals surface area (Å²) in [5, 5.41) is 13.1. The van der Waals surface area contributed by atoms with E-state index in [2.05, 4.69) is 0 Å². The van der Waals surface area contributed by atoms with Crippen molar-refractivity contribution in [3.8, 4) is 0 Å². The van der Waals surface area contributed by atoms with Gasteiger partial charge in [0.25, 0.3) is 10.1 Å². The quantitative estimate of drug-likeness (QED) is 0.323. The number of hydrogen-bond acceptors (Lipinski definition) is 5. The zero-order valence-corrected chi connectivity index (χ0v) is 18.3. The van der Waals surface area contributed by atoms with Crippen molar-refractivity contribution in [2.45, 2.75) is 17.4 Å². The monoisotopic (exact) mass is 330 g/mol. The number of aliphatic carboxylic acids is 2. The molecule has 0 rings (SSSR count). The van der Waals surface area contributed by atoms with Crippen LogP contribution in [0.4, 0.5) is 0 Å². The summed E-state index contributed by atoms with van der Waals surface area (Å²) in [6, 6.07) is 0. The van der Waals surface area contributed by atoms with Gasteiger partial charge < -0.3 is 14.5 Å². The van der Waals surface area contributed by atoms with Crippen LogP contribution in [0.15, 0.2) is 0 Å². The van der Waals surface area contributed by atoms with E-state index in [1.807, 2.05) is 0 Å². The van der Waals surface area contributed by atoms with Crippen LogP contribution in [-0.4, -0.2) is 51.4 Å². The molecule has 0 aliphatic rings. The van der Waals surface area contributed by atoms with Crippen molar-refractivity contribution in [3.05, 3.63) is 0 Å². The van der Waals surface area contributed by atoms with Crippen LogP contribution in [0, 0.1) is 0 Å². The van der Waals surface area contributed by atoms with E-state index in [1.165, 1.54) is 0 Å². The van der Waals surface area contributed by atoms with Crippen molar-refractivity contribution in [1.82, 2.24) is 0 Å². The van der Waals surface area contributed by atoms with Crippen LogP contribution in [0.2, 0.25) is 0 Å². The molecule has 0 aromatic rings. The largest absolute Gasteiger partial charge is 1.00 e. The Balaban J connectivity index is -0.0000000653. The summed E-state index contributed by atoms with van der Waals surface area (Å²) >= 11 is 0.628. The average molecular weight is 330 g/mol. The predicted octanol–water partition coefficient (Wildman–Crippen LogP) is -9.12. The summed E-state index contributed by atoms with van der Waals surface area (Å²) in [4.78, 5) is 21.2. The molecule has 0 aromatic heterocycles. The fourth-order valence-electron chi connectivity index (χ4n) is 0.881. The number of hydrogen-bond donors (Lipinski definition) is 3. The Labute approximate surface area is 180 Å². The fraction of sp³-hybridized carbons (Fsp3) is 0.667. The van der Waals surface area contributed by atoms with E-state index in [1.54, 1.807) is 6.92 Å². The molecule has 0 bridgehead atoms. The molecule has 0 spiro atoms. The van der Waals surface area contributed by atoms with Crippen LogP contribution in [-0.2, 0) is 19.7 Å². The number of rotatable bonds is 6. The van der Waals surface area contributed by atoms with Gasteiger partial charge >= 0.3 is 101 Å². The molecular weight excluding hydrogens is 317 g/mol. The molecule has 0 saturated carbocycles. The molecule has 0 amide bonds. The minimum absolute atomic E-state index is 0. The van der Waals surface area contributed by atoms with Crippen molar-refractivity contribution in [3.63, 3.8) is 0 Å². The van der Waals surface area contributed by atoms with Crippen molar-refractivity contribution in [2.24, 2.45) is 0 Å². The number of carboxylic acids is 2. The third kappa shape index (κ3) is 10.0. The van der Waals surface area contributed by atoms with Gasteiger partial charge in [0, 0.05) is 0 Å². The predicted molar refractivity (Wildman–Crippen MR) is 55.9 cm³/mol. The van der Waals surface area contributed by atoms with Crippen LogP contribution in [0.1, 0.15) is 11.2 Å². The van der Waals surface area contributed by atoms with Gasteiger partial charge in [-0.15, -0.1) is 11.8 Å². The Bertz CT molecular complexity index is 371. The smallest absolute Gasteiger partial charge is 1.00 e. The molecule has 7 nitrogen and oxygen atoms in total. The Hall–Kier alpha value is 2.20. The van der Waals surface area contributed by atoms with Crippen molar-refractivity contribution < 1.29 is 126 Å². The number of carboxylic acid groups (broad SMARTS) is 2. The van der Waals surface area contributed by atoms with Gasteiger partial charge in [-0.1, -0.05) is 6.92 Å². The molecule has 0 aromatic carbocycles. The molecule has 94 valence electrons. The molecule has 2 atom stereocenters. The molecule has 18 heavy (non-hydrogen) atoms. The van der Waals surface area contributed by atoms with Gasteiger partial charge in [0.15, 0.2) is 0 Å². The van der Waals surface area contributed by atoms with E-state index < -0.39 is 32.6 Å². The summed E-state index contributed by atoms with van der Waals surface area (Å²) in [7, 11) is -4.93. The van der Waals surface area contributed by atoms with Crippen LogP contribution in [0.5, 0.6) is 0 Å². The molecule has 12 heteroatoms. The minimum atomic E-state index is -4.93. The summed E-state index contributed by atoms with van der Waals surface area (Å²) in [6.45, 7) is 1.55. The van der Waals surface area contributed by atoms with E-state index in [0.29, 0.717) is 11.8 Å². The first-order valence-electron chi connectivity index (χ1n) is 3.75. The van der Waals surface area contributed by atoms with E-state index in [9.17, 15) is 18.0 Å². The van der Waals surface area contributed by atoms with Crippen LogP contribution in [0.25, 0.3) is 0 Å². The van der Waals surface area contributed by atoms with Gasteiger partial charge in [-0.05, 0) is 5.75 Å².